The highest BCUT2D eigenvalue weighted by molar-refractivity contribution is 6.44. The Labute approximate surface area is 179 Å². The van der Waals surface area contributed by atoms with Gasteiger partial charge in [-0.1, -0.05) is 23.2 Å². The number of anilines is 1. The molecule has 0 bridgehead atoms. The maximum atomic E-state index is 12.8. The summed E-state index contributed by atoms with van der Waals surface area (Å²) in [5, 5.41) is 1.04. The zero-order valence-electron chi connectivity index (χ0n) is 16.9. The fourth-order valence-electron chi connectivity index (χ4n) is 3.81. The van der Waals surface area contributed by atoms with Crippen LogP contribution in [0.25, 0.3) is 10.9 Å². The molecule has 3 atom stereocenters. The Balaban J connectivity index is 1.76. The minimum Gasteiger partial charge on any atom is -0.472 e. The highest BCUT2D eigenvalue weighted by Gasteiger charge is 2.43. The predicted octanol–water partition coefficient (Wildman–Crippen LogP) is 3.93. The molecule has 10 heteroatoms. The van der Waals surface area contributed by atoms with E-state index in [1.807, 2.05) is 34.6 Å². The summed E-state index contributed by atoms with van der Waals surface area (Å²) in [6.45, 7) is 10.5. The number of carbonyl (C=O) groups is 1. The van der Waals surface area contributed by atoms with E-state index >= 15 is 0 Å². The van der Waals surface area contributed by atoms with Crippen molar-refractivity contribution in [2.24, 2.45) is 0 Å². The number of halogens is 2. The fourth-order valence-corrected chi connectivity index (χ4v) is 4.16. The second kappa shape index (κ2) is 7.02. The molecule has 1 amide bonds. The number of amides is 1. The van der Waals surface area contributed by atoms with Crippen molar-refractivity contribution in [3.8, 4) is 5.88 Å². The van der Waals surface area contributed by atoms with Crippen molar-refractivity contribution in [1.29, 1.82) is 0 Å². The largest absolute Gasteiger partial charge is 0.472 e. The van der Waals surface area contributed by atoms with Crippen LogP contribution in [-0.4, -0.2) is 62.8 Å². The van der Waals surface area contributed by atoms with Crippen LogP contribution in [0.1, 0.15) is 34.6 Å². The fraction of sp³-hybridized carbons (Fsp3) is 0.579. The second-order valence-electron chi connectivity index (χ2n) is 8.47. The lowest BCUT2D eigenvalue weighted by atomic mass is 10.0. The number of hydrogen-bond donors (Lipinski definition) is 0. The summed E-state index contributed by atoms with van der Waals surface area (Å²) < 4.78 is 11.7. The van der Waals surface area contributed by atoms with E-state index in [0.29, 0.717) is 35.7 Å². The first-order valence-corrected chi connectivity index (χ1v) is 10.2. The monoisotopic (exact) mass is 439 g/mol. The van der Waals surface area contributed by atoms with Crippen LogP contribution in [0.5, 0.6) is 5.88 Å². The van der Waals surface area contributed by atoms with Crippen molar-refractivity contribution in [2.75, 3.05) is 18.0 Å². The third-order valence-corrected chi connectivity index (χ3v) is 5.87. The van der Waals surface area contributed by atoms with Gasteiger partial charge in [0.15, 0.2) is 5.15 Å². The van der Waals surface area contributed by atoms with Crippen LogP contribution in [0.4, 0.5) is 10.6 Å². The zero-order valence-corrected chi connectivity index (χ0v) is 18.5. The van der Waals surface area contributed by atoms with Crippen LogP contribution >= 0.6 is 23.2 Å². The maximum Gasteiger partial charge on any atom is 0.410 e. The van der Waals surface area contributed by atoms with E-state index in [0.717, 1.165) is 0 Å². The molecule has 4 heterocycles. The maximum absolute atomic E-state index is 12.8. The smallest absolute Gasteiger partial charge is 0.410 e. The van der Waals surface area contributed by atoms with Crippen LogP contribution < -0.4 is 9.64 Å². The second-order valence-corrected chi connectivity index (χ2v) is 9.20. The van der Waals surface area contributed by atoms with Crippen molar-refractivity contribution >= 4 is 46.0 Å². The van der Waals surface area contributed by atoms with E-state index in [1.54, 1.807) is 4.90 Å². The van der Waals surface area contributed by atoms with Gasteiger partial charge in [0.05, 0.1) is 6.04 Å². The first kappa shape index (κ1) is 20.2. The molecule has 0 aromatic carbocycles. The van der Waals surface area contributed by atoms with Gasteiger partial charge >= 0.3 is 6.09 Å². The Morgan fingerprint density at radius 3 is 2.66 bits per heavy atom. The molecule has 0 saturated carbocycles. The van der Waals surface area contributed by atoms with Crippen molar-refractivity contribution in [2.45, 2.75) is 58.4 Å². The van der Waals surface area contributed by atoms with Crippen LogP contribution in [0.15, 0.2) is 6.33 Å². The Bertz CT molecular complexity index is 980. The molecule has 1 fully saturated rings. The van der Waals surface area contributed by atoms with Crippen LogP contribution in [0.3, 0.4) is 0 Å². The molecule has 29 heavy (non-hydrogen) atoms. The highest BCUT2D eigenvalue weighted by atomic mass is 35.5. The third kappa shape index (κ3) is 3.53. The lowest BCUT2D eigenvalue weighted by Gasteiger charge is -2.46. The molecule has 2 aromatic heterocycles. The Morgan fingerprint density at radius 1 is 1.24 bits per heavy atom. The summed E-state index contributed by atoms with van der Waals surface area (Å²) in [4.78, 5) is 29.8. The molecule has 156 valence electrons. The highest BCUT2D eigenvalue weighted by Crippen LogP contribution is 2.42. The van der Waals surface area contributed by atoms with Gasteiger partial charge in [-0.25, -0.2) is 14.8 Å². The molecule has 0 radical (unpaired) electrons. The van der Waals surface area contributed by atoms with Gasteiger partial charge in [0, 0.05) is 19.1 Å². The molecule has 0 aliphatic carbocycles. The van der Waals surface area contributed by atoms with Crippen LogP contribution in [-0.2, 0) is 4.74 Å². The number of aromatic nitrogens is 3. The Kier molecular flexibility index (Phi) is 4.90. The minimum atomic E-state index is -0.564. The SMILES string of the molecule is CC1CN2c3ncnc4c(Cl)c(Cl)nc(c34)O[C@@H](C)[C@@H]2CN1C(=O)OC(C)(C)C. The molecule has 1 unspecified atom stereocenters. The number of pyridine rings is 1. The van der Waals surface area contributed by atoms with E-state index < -0.39 is 5.60 Å². The Hall–Kier alpha value is -2.06. The summed E-state index contributed by atoms with van der Waals surface area (Å²) in [7, 11) is 0. The summed E-state index contributed by atoms with van der Waals surface area (Å²) in [5.74, 6) is 1.03. The number of nitrogens with zero attached hydrogens (tertiary/aromatic N) is 5. The average molecular weight is 440 g/mol. The lowest BCUT2D eigenvalue weighted by Crippen LogP contribution is -2.63. The molecular weight excluding hydrogens is 417 g/mol. The van der Waals surface area contributed by atoms with Gasteiger partial charge in [0.1, 0.15) is 39.8 Å². The average Bonchev–Trinajstić information content (AvgIpc) is 2.73. The van der Waals surface area contributed by atoms with Gasteiger partial charge in [-0.05, 0) is 34.6 Å². The summed E-state index contributed by atoms with van der Waals surface area (Å²) in [5.41, 5.74) is -0.0619. The number of rotatable bonds is 0. The summed E-state index contributed by atoms with van der Waals surface area (Å²) in [6, 6.07) is -0.237. The number of ether oxygens (including phenoxy) is 2. The van der Waals surface area contributed by atoms with Gasteiger partial charge in [-0.2, -0.15) is 4.98 Å². The molecule has 2 aliphatic heterocycles. The minimum absolute atomic E-state index is 0.0874. The molecule has 1 saturated heterocycles. The molecule has 0 N–H and O–H groups in total. The van der Waals surface area contributed by atoms with E-state index in [-0.39, 0.29) is 34.5 Å². The molecule has 2 aliphatic rings. The molecule has 8 nitrogen and oxygen atoms in total. The zero-order chi connectivity index (χ0) is 21.1. The molecule has 4 rings (SSSR count). The molecule has 0 spiro atoms. The molecular formula is C19H23Cl2N5O3. The summed E-state index contributed by atoms with van der Waals surface area (Å²) >= 11 is 12.5. The van der Waals surface area contributed by atoms with Crippen molar-refractivity contribution in [1.82, 2.24) is 19.9 Å². The van der Waals surface area contributed by atoms with Crippen molar-refractivity contribution in [3.63, 3.8) is 0 Å². The number of piperazine rings is 1. The number of hydrogen-bond acceptors (Lipinski definition) is 7. The van der Waals surface area contributed by atoms with E-state index in [1.165, 1.54) is 6.33 Å². The van der Waals surface area contributed by atoms with Crippen molar-refractivity contribution in [3.05, 3.63) is 16.5 Å². The standard InChI is InChI=1S/C19H23Cl2N5O3/c1-9-6-26-11(7-25(9)18(27)29-19(3,4)5)10(2)28-17-12-14(13(20)15(21)24-17)22-8-23-16(12)26/h8-11H,6-7H2,1-5H3/t9?,10-,11-/m0/s1. The first-order valence-electron chi connectivity index (χ1n) is 9.49. The first-order chi connectivity index (χ1) is 13.6. The van der Waals surface area contributed by atoms with Gasteiger partial charge < -0.3 is 19.3 Å². The number of fused-ring (bicyclic) bond motifs is 2. The number of carbonyl (C=O) groups excluding carboxylic acids is 1. The van der Waals surface area contributed by atoms with E-state index in [2.05, 4.69) is 19.9 Å². The van der Waals surface area contributed by atoms with Gasteiger partial charge in [0.2, 0.25) is 5.88 Å². The van der Waals surface area contributed by atoms with Gasteiger partial charge in [0.25, 0.3) is 0 Å². The Morgan fingerprint density at radius 2 is 1.97 bits per heavy atom. The topological polar surface area (TPSA) is 80.7 Å². The lowest BCUT2D eigenvalue weighted by molar-refractivity contribution is 0.00765. The van der Waals surface area contributed by atoms with Crippen LogP contribution in [0.2, 0.25) is 10.2 Å². The van der Waals surface area contributed by atoms with Crippen molar-refractivity contribution < 1.29 is 14.3 Å². The summed E-state index contributed by atoms with van der Waals surface area (Å²) in [6.07, 6.45) is 0.840. The molecule has 2 aromatic rings. The third-order valence-electron chi connectivity index (χ3n) is 5.15. The van der Waals surface area contributed by atoms with E-state index in [4.69, 9.17) is 32.7 Å². The van der Waals surface area contributed by atoms with Gasteiger partial charge in [-0.15, -0.1) is 0 Å². The van der Waals surface area contributed by atoms with E-state index in [9.17, 15) is 4.79 Å². The normalized spacial score (nSPS) is 24.0. The van der Waals surface area contributed by atoms with Gasteiger partial charge in [-0.3, -0.25) is 0 Å². The predicted molar refractivity (Wildman–Crippen MR) is 111 cm³/mol. The van der Waals surface area contributed by atoms with Crippen LogP contribution in [0, 0.1) is 0 Å². The quantitative estimate of drug-likeness (QED) is 0.575.